The molecular formula is C24H18N4O2S. The maximum Gasteiger partial charge on any atom is 0.237 e. The molecular weight excluding hydrogens is 408 g/mol. The molecule has 0 amide bonds. The monoisotopic (exact) mass is 426 g/mol. The van der Waals surface area contributed by atoms with Gasteiger partial charge in [-0.25, -0.2) is 4.98 Å². The topological polar surface area (TPSA) is 71.5 Å². The smallest absolute Gasteiger partial charge is 0.237 e. The molecule has 0 bridgehead atoms. The summed E-state index contributed by atoms with van der Waals surface area (Å²) in [4.78, 5) is 5.47. The van der Waals surface area contributed by atoms with Gasteiger partial charge in [-0.3, -0.25) is 4.40 Å². The Morgan fingerprint density at radius 1 is 0.839 bits per heavy atom. The van der Waals surface area contributed by atoms with Gasteiger partial charge in [0.05, 0.1) is 18.5 Å². The van der Waals surface area contributed by atoms with Crippen LogP contribution in [-0.4, -0.2) is 21.6 Å². The highest BCUT2D eigenvalue weighted by Crippen LogP contribution is 2.44. The Labute approximate surface area is 182 Å². The number of thiazole rings is 1. The molecule has 3 aromatic carbocycles. The lowest BCUT2D eigenvalue weighted by molar-refractivity contribution is 0.416. The van der Waals surface area contributed by atoms with Crippen LogP contribution < -0.4 is 4.74 Å². The first kappa shape index (κ1) is 19.0. The van der Waals surface area contributed by atoms with E-state index in [-0.39, 0.29) is 5.88 Å². The minimum Gasteiger partial charge on any atom is -0.494 e. The summed E-state index contributed by atoms with van der Waals surface area (Å²) in [5.74, 6) is 0.621. The SMILES string of the molecule is COc1ccccc1N=Nc1sc2nc(-c3ccccc3)c(-c3ccccc3)n2c1O. The van der Waals surface area contributed by atoms with Gasteiger partial charge in [0.2, 0.25) is 10.9 Å². The summed E-state index contributed by atoms with van der Waals surface area (Å²) in [6.45, 7) is 0. The maximum atomic E-state index is 11.0. The molecule has 31 heavy (non-hydrogen) atoms. The van der Waals surface area contributed by atoms with E-state index < -0.39 is 0 Å². The van der Waals surface area contributed by atoms with Crippen LogP contribution in [0.4, 0.5) is 10.7 Å². The third kappa shape index (κ3) is 3.45. The molecule has 0 fully saturated rings. The highest BCUT2D eigenvalue weighted by molar-refractivity contribution is 7.21. The van der Waals surface area contributed by atoms with E-state index in [0.717, 1.165) is 22.5 Å². The molecule has 7 heteroatoms. The number of aromatic hydroxyl groups is 1. The number of imidazole rings is 1. The number of benzene rings is 3. The minimum atomic E-state index is 0.00665. The third-order valence-corrected chi connectivity index (χ3v) is 5.78. The fourth-order valence-corrected chi connectivity index (χ4v) is 4.27. The van der Waals surface area contributed by atoms with Crippen LogP contribution in [-0.2, 0) is 0 Å². The van der Waals surface area contributed by atoms with Gasteiger partial charge >= 0.3 is 0 Å². The lowest BCUT2D eigenvalue weighted by atomic mass is 10.1. The lowest BCUT2D eigenvalue weighted by Crippen LogP contribution is -1.88. The van der Waals surface area contributed by atoms with Gasteiger partial charge in [0.25, 0.3) is 0 Å². The van der Waals surface area contributed by atoms with E-state index in [4.69, 9.17) is 9.72 Å². The average Bonchev–Trinajstić information content (AvgIpc) is 3.35. The van der Waals surface area contributed by atoms with E-state index >= 15 is 0 Å². The summed E-state index contributed by atoms with van der Waals surface area (Å²) in [5, 5.41) is 20.0. The van der Waals surface area contributed by atoms with Crippen molar-refractivity contribution in [3.63, 3.8) is 0 Å². The Morgan fingerprint density at radius 3 is 2.19 bits per heavy atom. The molecule has 5 aromatic rings. The predicted octanol–water partition coefficient (Wildman–Crippen LogP) is 6.86. The van der Waals surface area contributed by atoms with Crippen molar-refractivity contribution in [1.29, 1.82) is 0 Å². The van der Waals surface area contributed by atoms with Crippen molar-refractivity contribution in [2.45, 2.75) is 0 Å². The molecule has 0 atom stereocenters. The standard InChI is InChI=1S/C24H18N4O2S/c1-30-19-15-9-8-14-18(19)26-27-22-23(29)28-21(17-12-6-3-7-13-17)20(25-24(28)31-22)16-10-4-2-5-11-16/h2-15,29H,1H3. The molecule has 2 aromatic heterocycles. The number of fused-ring (bicyclic) bond motifs is 1. The highest BCUT2D eigenvalue weighted by atomic mass is 32.1. The van der Waals surface area contributed by atoms with Gasteiger partial charge < -0.3 is 9.84 Å². The van der Waals surface area contributed by atoms with Gasteiger partial charge in [-0.05, 0) is 12.1 Å². The summed E-state index contributed by atoms with van der Waals surface area (Å²) in [7, 11) is 1.59. The number of methoxy groups -OCH3 is 1. The van der Waals surface area contributed by atoms with Crippen LogP contribution in [0.5, 0.6) is 11.6 Å². The van der Waals surface area contributed by atoms with Crippen LogP contribution in [0.1, 0.15) is 0 Å². The molecule has 6 nitrogen and oxygen atoms in total. The van der Waals surface area contributed by atoms with Gasteiger partial charge in [-0.1, -0.05) is 84.1 Å². The van der Waals surface area contributed by atoms with Crippen LogP contribution in [0.15, 0.2) is 95.2 Å². The number of ether oxygens (including phenoxy) is 1. The fraction of sp³-hybridized carbons (Fsp3) is 0.0417. The summed E-state index contributed by atoms with van der Waals surface area (Å²) >= 11 is 1.28. The van der Waals surface area contributed by atoms with E-state index in [0.29, 0.717) is 21.4 Å². The molecule has 1 N–H and O–H groups in total. The Bertz CT molecular complexity index is 1380. The number of hydrogen-bond donors (Lipinski definition) is 1. The highest BCUT2D eigenvalue weighted by Gasteiger charge is 2.22. The molecule has 0 aliphatic heterocycles. The zero-order valence-corrected chi connectivity index (χ0v) is 17.5. The Hall–Kier alpha value is -3.97. The molecule has 0 aliphatic carbocycles. The number of nitrogens with zero attached hydrogens (tertiary/aromatic N) is 4. The zero-order chi connectivity index (χ0) is 21.2. The summed E-state index contributed by atoms with van der Waals surface area (Å²) in [5.41, 5.74) is 4.14. The van der Waals surface area contributed by atoms with E-state index in [9.17, 15) is 5.11 Å². The van der Waals surface area contributed by atoms with Crippen molar-refractivity contribution in [3.05, 3.63) is 84.9 Å². The van der Waals surface area contributed by atoms with E-state index in [2.05, 4.69) is 10.2 Å². The van der Waals surface area contributed by atoms with Crippen LogP contribution in [0.25, 0.3) is 27.5 Å². The van der Waals surface area contributed by atoms with Crippen LogP contribution in [0.3, 0.4) is 0 Å². The van der Waals surface area contributed by atoms with Gasteiger partial charge in [0.15, 0.2) is 4.96 Å². The average molecular weight is 427 g/mol. The Kier molecular flexibility index (Phi) is 4.93. The molecule has 0 spiro atoms. The van der Waals surface area contributed by atoms with Crippen molar-refractivity contribution in [2.75, 3.05) is 7.11 Å². The van der Waals surface area contributed by atoms with Crippen molar-refractivity contribution >= 4 is 27.0 Å². The number of para-hydroxylation sites is 1. The summed E-state index contributed by atoms with van der Waals surface area (Å²) in [6.07, 6.45) is 0. The van der Waals surface area contributed by atoms with Gasteiger partial charge in [0.1, 0.15) is 11.4 Å². The molecule has 152 valence electrons. The van der Waals surface area contributed by atoms with Crippen molar-refractivity contribution in [1.82, 2.24) is 9.38 Å². The van der Waals surface area contributed by atoms with E-state index in [1.165, 1.54) is 11.3 Å². The molecule has 0 aliphatic rings. The molecule has 2 heterocycles. The van der Waals surface area contributed by atoms with Crippen molar-refractivity contribution in [3.8, 4) is 34.1 Å². The number of rotatable bonds is 5. The molecule has 0 saturated heterocycles. The first-order valence-electron chi connectivity index (χ1n) is 9.66. The van der Waals surface area contributed by atoms with Crippen LogP contribution in [0, 0.1) is 0 Å². The van der Waals surface area contributed by atoms with Crippen molar-refractivity contribution in [2.24, 2.45) is 10.2 Å². The quantitative estimate of drug-likeness (QED) is 0.312. The molecule has 0 unspecified atom stereocenters. The van der Waals surface area contributed by atoms with Crippen LogP contribution >= 0.6 is 11.3 Å². The first-order valence-corrected chi connectivity index (χ1v) is 10.5. The first-order chi connectivity index (χ1) is 15.3. The number of hydrogen-bond acceptors (Lipinski definition) is 6. The second-order valence-electron chi connectivity index (χ2n) is 6.76. The number of aromatic nitrogens is 2. The fourth-order valence-electron chi connectivity index (χ4n) is 3.43. The predicted molar refractivity (Wildman–Crippen MR) is 123 cm³/mol. The van der Waals surface area contributed by atoms with Crippen molar-refractivity contribution < 1.29 is 9.84 Å². The normalized spacial score (nSPS) is 11.4. The van der Waals surface area contributed by atoms with Gasteiger partial charge in [0, 0.05) is 11.1 Å². The maximum absolute atomic E-state index is 11.0. The lowest BCUT2D eigenvalue weighted by Gasteiger charge is -2.06. The molecule has 0 saturated carbocycles. The Morgan fingerprint density at radius 2 is 1.48 bits per heavy atom. The summed E-state index contributed by atoms with van der Waals surface area (Å²) < 4.78 is 7.05. The van der Waals surface area contributed by atoms with Crippen LogP contribution in [0.2, 0.25) is 0 Å². The minimum absolute atomic E-state index is 0.00665. The second-order valence-corrected chi connectivity index (χ2v) is 7.72. The van der Waals surface area contributed by atoms with E-state index in [1.54, 1.807) is 17.6 Å². The van der Waals surface area contributed by atoms with Gasteiger partial charge in [-0.15, -0.1) is 10.2 Å². The number of azo groups is 1. The molecule has 5 rings (SSSR count). The van der Waals surface area contributed by atoms with E-state index in [1.807, 2.05) is 78.9 Å². The largest absolute Gasteiger partial charge is 0.494 e. The molecule has 0 radical (unpaired) electrons. The second kappa shape index (κ2) is 8.04. The zero-order valence-electron chi connectivity index (χ0n) is 16.6. The third-order valence-electron chi connectivity index (χ3n) is 4.87. The Balaban J connectivity index is 1.67. The van der Waals surface area contributed by atoms with Gasteiger partial charge in [-0.2, -0.15) is 0 Å². The summed E-state index contributed by atoms with van der Waals surface area (Å²) in [6, 6.07) is 27.2.